The molecule has 102 valence electrons. The molecule has 0 radical (unpaired) electrons. The molecule has 7 heteroatoms. The molecule has 0 aliphatic carbocycles. The van der Waals surface area contributed by atoms with Crippen molar-refractivity contribution >= 4 is 44.1 Å². The molecule has 2 aliphatic heterocycles. The molecular formula is C12H13ClN2O2S2. The summed E-state index contributed by atoms with van der Waals surface area (Å²) in [6, 6.07) is 5.45. The summed E-state index contributed by atoms with van der Waals surface area (Å²) in [6.07, 6.45) is 0. The first kappa shape index (κ1) is 13.3. The van der Waals surface area contributed by atoms with Crippen LogP contribution in [0.15, 0.2) is 18.2 Å². The van der Waals surface area contributed by atoms with Crippen LogP contribution < -0.4 is 4.90 Å². The second kappa shape index (κ2) is 4.40. The first-order valence-corrected chi connectivity index (χ1v) is 8.96. The quantitative estimate of drug-likeness (QED) is 0.863. The van der Waals surface area contributed by atoms with Gasteiger partial charge in [0.2, 0.25) is 0 Å². The number of sulfone groups is 1. The van der Waals surface area contributed by atoms with Gasteiger partial charge in [0.15, 0.2) is 15.0 Å². The van der Waals surface area contributed by atoms with E-state index >= 15 is 0 Å². The number of nitrogens with zero attached hydrogens (tertiary/aromatic N) is 1. The van der Waals surface area contributed by atoms with Gasteiger partial charge in [-0.05, 0) is 24.6 Å². The summed E-state index contributed by atoms with van der Waals surface area (Å²) < 4.78 is 23.4. The molecule has 1 aromatic rings. The fourth-order valence-electron chi connectivity index (χ4n) is 2.54. The van der Waals surface area contributed by atoms with Crippen LogP contribution in [0, 0.1) is 12.3 Å². The van der Waals surface area contributed by atoms with Gasteiger partial charge < -0.3 is 4.90 Å². The van der Waals surface area contributed by atoms with Crippen molar-refractivity contribution in [1.29, 1.82) is 5.41 Å². The lowest BCUT2D eigenvalue weighted by Gasteiger charge is -2.24. The molecule has 0 bridgehead atoms. The van der Waals surface area contributed by atoms with Crippen molar-refractivity contribution in [2.24, 2.45) is 0 Å². The topological polar surface area (TPSA) is 61.2 Å². The third kappa shape index (κ3) is 2.26. The molecule has 0 unspecified atom stereocenters. The van der Waals surface area contributed by atoms with Crippen LogP contribution in [0.25, 0.3) is 0 Å². The number of halogens is 1. The number of aryl methyl sites for hydroxylation is 1. The molecule has 0 amide bonds. The molecule has 4 nitrogen and oxygen atoms in total. The average molecular weight is 317 g/mol. The number of anilines is 1. The van der Waals surface area contributed by atoms with Crippen molar-refractivity contribution in [3.63, 3.8) is 0 Å². The Morgan fingerprint density at radius 1 is 1.42 bits per heavy atom. The zero-order valence-electron chi connectivity index (χ0n) is 10.3. The Balaban J connectivity index is 1.99. The Hall–Kier alpha value is -0.720. The van der Waals surface area contributed by atoms with Crippen LogP contribution in [0.1, 0.15) is 5.56 Å². The molecule has 1 N–H and O–H groups in total. The monoisotopic (exact) mass is 316 g/mol. The summed E-state index contributed by atoms with van der Waals surface area (Å²) in [4.78, 5) is 1.80. The number of hydrogen-bond donors (Lipinski definition) is 1. The number of hydrogen-bond acceptors (Lipinski definition) is 4. The van der Waals surface area contributed by atoms with E-state index < -0.39 is 9.84 Å². The Labute approximate surface area is 121 Å². The van der Waals surface area contributed by atoms with Gasteiger partial charge in [-0.15, -0.1) is 0 Å². The lowest BCUT2D eigenvalue weighted by atomic mass is 10.1. The maximum Gasteiger partial charge on any atom is 0.161 e. The molecule has 2 aliphatic rings. The van der Waals surface area contributed by atoms with Crippen LogP contribution in [-0.4, -0.2) is 36.4 Å². The van der Waals surface area contributed by atoms with Crippen LogP contribution in [-0.2, 0) is 9.84 Å². The molecular weight excluding hydrogens is 304 g/mol. The lowest BCUT2D eigenvalue weighted by molar-refractivity contribution is 0.601. The summed E-state index contributed by atoms with van der Waals surface area (Å²) in [6.45, 7) is 1.92. The summed E-state index contributed by atoms with van der Waals surface area (Å²) in [5, 5.41) is 9.06. The number of thioether (sulfide) groups is 1. The van der Waals surface area contributed by atoms with E-state index in [1.54, 1.807) is 11.0 Å². The van der Waals surface area contributed by atoms with Crippen LogP contribution in [0.3, 0.4) is 0 Å². The highest BCUT2D eigenvalue weighted by atomic mass is 35.5. The van der Waals surface area contributed by atoms with Crippen molar-refractivity contribution in [1.82, 2.24) is 0 Å². The third-order valence-electron chi connectivity index (χ3n) is 3.52. The van der Waals surface area contributed by atoms with Crippen LogP contribution in [0.2, 0.25) is 5.02 Å². The zero-order valence-corrected chi connectivity index (χ0v) is 12.6. The number of fused-ring (bicyclic) bond motifs is 1. The maximum absolute atomic E-state index is 11.7. The largest absolute Gasteiger partial charge is 0.316 e. The molecule has 3 rings (SSSR count). The van der Waals surface area contributed by atoms with Gasteiger partial charge in [0, 0.05) is 16.0 Å². The van der Waals surface area contributed by atoms with E-state index in [2.05, 4.69) is 0 Å². The molecule has 0 saturated carbocycles. The van der Waals surface area contributed by atoms with E-state index in [1.165, 1.54) is 11.8 Å². The summed E-state index contributed by atoms with van der Waals surface area (Å²) >= 11 is 7.46. The normalized spacial score (nSPS) is 28.7. The predicted octanol–water partition coefficient (Wildman–Crippen LogP) is 2.30. The Kier molecular flexibility index (Phi) is 3.07. The summed E-state index contributed by atoms with van der Waals surface area (Å²) in [7, 11) is -2.98. The third-order valence-corrected chi connectivity index (χ3v) is 7.06. The maximum atomic E-state index is 11.7. The minimum absolute atomic E-state index is 0.0300. The number of nitrogens with one attached hydrogen (secondary N) is 1. The van der Waals surface area contributed by atoms with Gasteiger partial charge in [-0.3, -0.25) is 5.41 Å². The van der Waals surface area contributed by atoms with Crippen molar-refractivity contribution in [2.75, 3.05) is 16.4 Å². The number of amidine groups is 1. The molecule has 2 atom stereocenters. The van der Waals surface area contributed by atoms with Gasteiger partial charge in [0.25, 0.3) is 0 Å². The molecule has 2 saturated heterocycles. The first-order valence-electron chi connectivity index (χ1n) is 5.88. The van der Waals surface area contributed by atoms with Crippen LogP contribution in [0.4, 0.5) is 5.69 Å². The average Bonchev–Trinajstić information content (AvgIpc) is 2.73. The van der Waals surface area contributed by atoms with Crippen molar-refractivity contribution < 1.29 is 8.42 Å². The minimum atomic E-state index is -2.98. The minimum Gasteiger partial charge on any atom is -0.316 e. The van der Waals surface area contributed by atoms with E-state index in [-0.39, 0.29) is 22.8 Å². The van der Waals surface area contributed by atoms with Gasteiger partial charge in [-0.1, -0.05) is 29.4 Å². The fourth-order valence-corrected chi connectivity index (χ4v) is 6.51. The van der Waals surface area contributed by atoms with Crippen molar-refractivity contribution in [2.45, 2.75) is 18.2 Å². The van der Waals surface area contributed by atoms with Crippen LogP contribution in [0.5, 0.6) is 0 Å². The van der Waals surface area contributed by atoms with E-state index in [1.807, 2.05) is 19.1 Å². The Bertz CT molecular complexity index is 660. The van der Waals surface area contributed by atoms with Gasteiger partial charge in [-0.25, -0.2) is 8.42 Å². The van der Waals surface area contributed by atoms with Crippen LogP contribution >= 0.6 is 23.4 Å². The Morgan fingerprint density at radius 2 is 2.16 bits per heavy atom. The van der Waals surface area contributed by atoms with E-state index in [0.717, 1.165) is 11.3 Å². The van der Waals surface area contributed by atoms with Gasteiger partial charge in [-0.2, -0.15) is 0 Å². The highest BCUT2D eigenvalue weighted by Crippen LogP contribution is 2.40. The molecule has 2 heterocycles. The first-order chi connectivity index (χ1) is 8.87. The Morgan fingerprint density at radius 3 is 2.84 bits per heavy atom. The van der Waals surface area contributed by atoms with Gasteiger partial charge >= 0.3 is 0 Å². The van der Waals surface area contributed by atoms with E-state index in [9.17, 15) is 8.42 Å². The van der Waals surface area contributed by atoms with Gasteiger partial charge in [0.1, 0.15) is 0 Å². The van der Waals surface area contributed by atoms with E-state index in [0.29, 0.717) is 10.2 Å². The molecule has 2 fully saturated rings. The van der Waals surface area contributed by atoms with Crippen molar-refractivity contribution in [3.05, 3.63) is 28.8 Å². The fraction of sp³-hybridized carbons (Fsp3) is 0.417. The van der Waals surface area contributed by atoms with Gasteiger partial charge in [0.05, 0.1) is 17.5 Å². The SMILES string of the molecule is Cc1ccc(N2C(=N)S[C@@H]3CS(=O)(=O)C[C@H]32)cc1Cl. The van der Waals surface area contributed by atoms with Crippen molar-refractivity contribution in [3.8, 4) is 0 Å². The molecule has 19 heavy (non-hydrogen) atoms. The second-order valence-electron chi connectivity index (χ2n) is 4.91. The summed E-state index contributed by atoms with van der Waals surface area (Å²) in [5.74, 6) is 0.291. The standard InChI is InChI=1S/C12H13ClN2O2S2/c1-7-2-3-8(4-9(7)13)15-10-5-19(16,17)6-11(10)18-12(15)14/h2-4,10-11,14H,5-6H2,1H3/t10-,11-/m1/s1. The second-order valence-corrected chi connectivity index (χ2v) is 8.70. The molecule has 0 spiro atoms. The predicted molar refractivity (Wildman–Crippen MR) is 80.2 cm³/mol. The van der Waals surface area contributed by atoms with E-state index in [4.69, 9.17) is 17.0 Å². The zero-order chi connectivity index (χ0) is 13.8. The number of benzene rings is 1. The molecule has 1 aromatic carbocycles. The number of rotatable bonds is 1. The summed E-state index contributed by atoms with van der Waals surface area (Å²) in [5.41, 5.74) is 1.78. The highest BCUT2D eigenvalue weighted by Gasteiger charge is 2.48. The lowest BCUT2D eigenvalue weighted by Crippen LogP contribution is -2.37. The smallest absolute Gasteiger partial charge is 0.161 e. The highest BCUT2D eigenvalue weighted by molar-refractivity contribution is 8.15. The molecule has 0 aromatic heterocycles.